The summed E-state index contributed by atoms with van der Waals surface area (Å²) in [5, 5.41) is 11.3. The van der Waals surface area contributed by atoms with Crippen molar-refractivity contribution in [1.82, 2.24) is 9.97 Å². The van der Waals surface area contributed by atoms with Crippen LogP contribution in [0.25, 0.3) is 10.9 Å². The van der Waals surface area contributed by atoms with Gasteiger partial charge in [0, 0.05) is 23.7 Å². The van der Waals surface area contributed by atoms with Crippen LogP contribution in [-0.4, -0.2) is 15.1 Å². The van der Waals surface area contributed by atoms with Gasteiger partial charge in [-0.3, -0.25) is 4.98 Å². The fraction of sp³-hybridized carbons (Fsp3) is 0.133. The molecule has 0 saturated heterocycles. The van der Waals surface area contributed by atoms with E-state index < -0.39 is 6.10 Å². The minimum atomic E-state index is -0.514. The van der Waals surface area contributed by atoms with Gasteiger partial charge >= 0.3 is 0 Å². The molecule has 2 aromatic heterocycles. The summed E-state index contributed by atoms with van der Waals surface area (Å²) in [7, 11) is 0. The van der Waals surface area contributed by atoms with Crippen molar-refractivity contribution in [2.45, 2.75) is 12.5 Å². The number of rotatable bonds is 3. The highest BCUT2D eigenvalue weighted by Crippen LogP contribution is 2.21. The Morgan fingerprint density at radius 2 is 2.00 bits per heavy atom. The van der Waals surface area contributed by atoms with Gasteiger partial charge in [-0.2, -0.15) is 0 Å². The average molecular weight is 238 g/mol. The van der Waals surface area contributed by atoms with Crippen molar-refractivity contribution in [3.8, 4) is 0 Å². The molecule has 0 saturated carbocycles. The van der Waals surface area contributed by atoms with E-state index in [9.17, 15) is 5.11 Å². The lowest BCUT2D eigenvalue weighted by molar-refractivity contribution is 0.174. The van der Waals surface area contributed by atoms with Gasteiger partial charge in [0.2, 0.25) is 0 Å². The van der Waals surface area contributed by atoms with Crippen LogP contribution < -0.4 is 0 Å². The van der Waals surface area contributed by atoms with Crippen molar-refractivity contribution in [3.05, 3.63) is 66.1 Å². The number of nitrogens with zero attached hydrogens (tertiary/aromatic N) is 1. The molecule has 3 aromatic rings. The first-order valence-corrected chi connectivity index (χ1v) is 5.97. The standard InChI is InChI=1S/C15H14N2O/c18-15(8-11-4-2-1-3-5-11)13-9-12-6-7-16-10-14(12)17-13/h1-7,9-10,15,17-18H,8H2/t15-/m0/s1. The van der Waals surface area contributed by atoms with Crippen LogP contribution in [0.3, 0.4) is 0 Å². The van der Waals surface area contributed by atoms with E-state index >= 15 is 0 Å². The fourth-order valence-electron chi connectivity index (χ4n) is 2.12. The predicted octanol–water partition coefficient (Wildman–Crippen LogP) is 2.84. The Labute approximate surface area is 105 Å². The number of fused-ring (bicyclic) bond motifs is 1. The number of H-pyrrole nitrogens is 1. The van der Waals surface area contributed by atoms with E-state index in [-0.39, 0.29) is 0 Å². The van der Waals surface area contributed by atoms with Crippen LogP contribution in [0.1, 0.15) is 17.4 Å². The average Bonchev–Trinajstić information content (AvgIpc) is 2.84. The van der Waals surface area contributed by atoms with Crippen LogP contribution in [0, 0.1) is 0 Å². The zero-order chi connectivity index (χ0) is 12.4. The van der Waals surface area contributed by atoms with Gasteiger partial charge < -0.3 is 10.1 Å². The molecule has 1 aromatic carbocycles. The smallest absolute Gasteiger partial charge is 0.0978 e. The topological polar surface area (TPSA) is 48.9 Å². The molecule has 3 heteroatoms. The van der Waals surface area contributed by atoms with Crippen LogP contribution in [-0.2, 0) is 6.42 Å². The number of pyridine rings is 1. The molecule has 0 bridgehead atoms. The predicted molar refractivity (Wildman–Crippen MR) is 71.2 cm³/mol. The monoisotopic (exact) mass is 238 g/mol. The largest absolute Gasteiger partial charge is 0.387 e. The Kier molecular flexibility index (Phi) is 2.82. The number of aliphatic hydroxyl groups is 1. The minimum absolute atomic E-state index is 0.514. The van der Waals surface area contributed by atoms with Gasteiger partial charge in [0.1, 0.15) is 0 Å². The molecular formula is C15H14N2O. The van der Waals surface area contributed by atoms with Crippen molar-refractivity contribution in [2.24, 2.45) is 0 Å². The summed E-state index contributed by atoms with van der Waals surface area (Å²) in [6, 6.07) is 13.9. The highest BCUT2D eigenvalue weighted by molar-refractivity contribution is 5.79. The maximum Gasteiger partial charge on any atom is 0.0978 e. The maximum atomic E-state index is 10.2. The van der Waals surface area contributed by atoms with Crippen molar-refractivity contribution in [1.29, 1.82) is 0 Å². The second-order valence-corrected chi connectivity index (χ2v) is 4.39. The van der Waals surface area contributed by atoms with Crippen LogP contribution in [0.4, 0.5) is 0 Å². The molecular weight excluding hydrogens is 224 g/mol. The van der Waals surface area contributed by atoms with Crippen LogP contribution in [0.5, 0.6) is 0 Å². The van der Waals surface area contributed by atoms with Crippen LogP contribution in [0.2, 0.25) is 0 Å². The molecule has 0 aliphatic rings. The highest BCUT2D eigenvalue weighted by atomic mass is 16.3. The van der Waals surface area contributed by atoms with Gasteiger partial charge in [-0.25, -0.2) is 0 Å². The lowest BCUT2D eigenvalue weighted by atomic mass is 10.1. The van der Waals surface area contributed by atoms with E-state index in [0.717, 1.165) is 22.2 Å². The van der Waals surface area contributed by atoms with Crippen molar-refractivity contribution in [2.75, 3.05) is 0 Å². The molecule has 0 amide bonds. The van der Waals surface area contributed by atoms with E-state index in [1.54, 1.807) is 12.4 Å². The Morgan fingerprint density at radius 1 is 1.17 bits per heavy atom. The number of hydrogen-bond donors (Lipinski definition) is 2. The molecule has 3 rings (SSSR count). The Bertz CT molecular complexity index is 613. The summed E-state index contributed by atoms with van der Waals surface area (Å²) in [6.07, 6.45) is 3.62. The molecule has 3 nitrogen and oxygen atoms in total. The van der Waals surface area contributed by atoms with E-state index in [4.69, 9.17) is 0 Å². The van der Waals surface area contributed by atoms with Gasteiger partial charge in [-0.15, -0.1) is 0 Å². The summed E-state index contributed by atoms with van der Waals surface area (Å²) in [4.78, 5) is 7.26. The number of nitrogens with one attached hydrogen (secondary N) is 1. The zero-order valence-electron chi connectivity index (χ0n) is 9.88. The third-order valence-electron chi connectivity index (χ3n) is 3.08. The molecule has 0 spiro atoms. The maximum absolute atomic E-state index is 10.2. The minimum Gasteiger partial charge on any atom is -0.387 e. The van der Waals surface area contributed by atoms with Gasteiger partial charge in [-0.1, -0.05) is 30.3 Å². The second kappa shape index (κ2) is 4.63. The number of aromatic amines is 1. The molecule has 18 heavy (non-hydrogen) atoms. The van der Waals surface area contributed by atoms with Gasteiger partial charge in [-0.05, 0) is 17.7 Å². The van der Waals surface area contributed by atoms with Crippen molar-refractivity contribution < 1.29 is 5.11 Å². The third kappa shape index (κ3) is 2.13. The molecule has 0 radical (unpaired) electrons. The van der Waals surface area contributed by atoms with E-state index in [0.29, 0.717) is 6.42 Å². The zero-order valence-corrected chi connectivity index (χ0v) is 9.88. The fourth-order valence-corrected chi connectivity index (χ4v) is 2.12. The SMILES string of the molecule is O[C@@H](Cc1ccccc1)c1cc2ccncc2[nH]1. The van der Waals surface area contributed by atoms with E-state index in [1.165, 1.54) is 0 Å². The molecule has 0 aliphatic heterocycles. The first-order chi connectivity index (χ1) is 8.83. The molecule has 90 valence electrons. The summed E-state index contributed by atoms with van der Waals surface area (Å²) in [5.41, 5.74) is 2.92. The van der Waals surface area contributed by atoms with E-state index in [1.807, 2.05) is 42.5 Å². The lowest BCUT2D eigenvalue weighted by Gasteiger charge is -2.08. The van der Waals surface area contributed by atoms with Crippen LogP contribution >= 0.6 is 0 Å². The molecule has 2 heterocycles. The Morgan fingerprint density at radius 3 is 2.78 bits per heavy atom. The van der Waals surface area contributed by atoms with Crippen molar-refractivity contribution >= 4 is 10.9 Å². The van der Waals surface area contributed by atoms with Gasteiger partial charge in [0.15, 0.2) is 0 Å². The number of aliphatic hydroxyl groups excluding tert-OH is 1. The van der Waals surface area contributed by atoms with E-state index in [2.05, 4.69) is 9.97 Å². The Hall–Kier alpha value is -2.13. The van der Waals surface area contributed by atoms with Gasteiger partial charge in [0.25, 0.3) is 0 Å². The lowest BCUT2D eigenvalue weighted by Crippen LogP contribution is -2.01. The van der Waals surface area contributed by atoms with Crippen LogP contribution in [0.15, 0.2) is 54.9 Å². The molecule has 2 N–H and O–H groups in total. The summed E-state index contributed by atoms with van der Waals surface area (Å²) in [5.74, 6) is 0. The number of hydrogen-bond acceptors (Lipinski definition) is 2. The van der Waals surface area contributed by atoms with Gasteiger partial charge in [0.05, 0.1) is 17.8 Å². The number of aromatic nitrogens is 2. The molecule has 0 unspecified atom stereocenters. The molecule has 0 fully saturated rings. The molecule has 1 atom stereocenters. The Balaban J connectivity index is 1.86. The second-order valence-electron chi connectivity index (χ2n) is 4.39. The summed E-state index contributed by atoms with van der Waals surface area (Å²) >= 11 is 0. The first kappa shape index (κ1) is 11.0. The highest BCUT2D eigenvalue weighted by Gasteiger charge is 2.11. The number of benzene rings is 1. The first-order valence-electron chi connectivity index (χ1n) is 5.97. The van der Waals surface area contributed by atoms with Crippen molar-refractivity contribution in [3.63, 3.8) is 0 Å². The quantitative estimate of drug-likeness (QED) is 0.737. The normalized spacial score (nSPS) is 12.7. The third-order valence-corrected chi connectivity index (χ3v) is 3.08. The summed E-state index contributed by atoms with van der Waals surface area (Å²) in [6.45, 7) is 0. The molecule has 0 aliphatic carbocycles. The summed E-state index contributed by atoms with van der Waals surface area (Å²) < 4.78 is 0.